The first-order valence-electron chi connectivity index (χ1n) is 12.5. The maximum absolute atomic E-state index is 13.3. The summed E-state index contributed by atoms with van der Waals surface area (Å²) in [6.07, 6.45) is 0.663. The molecule has 2 aromatic heterocycles. The second-order valence-corrected chi connectivity index (χ2v) is 12.7. The van der Waals surface area contributed by atoms with Crippen LogP contribution < -0.4 is 5.32 Å². The van der Waals surface area contributed by atoms with Crippen LogP contribution in [-0.4, -0.2) is 54.7 Å². The molecule has 0 spiro atoms. The predicted octanol–water partition coefficient (Wildman–Crippen LogP) is 5.36. The van der Waals surface area contributed by atoms with Crippen LogP contribution in [0.15, 0.2) is 58.8 Å². The number of thiophene rings is 1. The molecular weight excluding hydrogens is 525 g/mol. The van der Waals surface area contributed by atoms with Gasteiger partial charge in [0, 0.05) is 41.0 Å². The van der Waals surface area contributed by atoms with Crippen LogP contribution in [0.5, 0.6) is 0 Å². The molecule has 194 valence electrons. The number of nitrogens with one attached hydrogen (secondary N) is 1. The molecule has 4 aromatic rings. The van der Waals surface area contributed by atoms with E-state index >= 15 is 0 Å². The lowest BCUT2D eigenvalue weighted by molar-refractivity contribution is 0.0844. The van der Waals surface area contributed by atoms with E-state index in [1.165, 1.54) is 26.7 Å². The van der Waals surface area contributed by atoms with Gasteiger partial charge in [-0.15, -0.1) is 22.7 Å². The van der Waals surface area contributed by atoms with Crippen molar-refractivity contribution in [3.05, 3.63) is 69.9 Å². The molecule has 1 N–H and O–H groups in total. The molecule has 0 saturated carbocycles. The number of rotatable bonds is 8. The lowest BCUT2D eigenvalue weighted by Gasteiger charge is -2.35. The number of hydrogen-bond donors (Lipinski definition) is 1. The van der Waals surface area contributed by atoms with Crippen LogP contribution in [0.2, 0.25) is 0 Å². The number of likely N-dealkylation sites (N-methyl/N-ethyl adjacent to an activating group) is 1. The van der Waals surface area contributed by atoms with E-state index in [9.17, 15) is 13.2 Å². The van der Waals surface area contributed by atoms with Crippen LogP contribution in [0, 0.1) is 0 Å². The third-order valence-electron chi connectivity index (χ3n) is 6.85. The third-order valence-corrected chi connectivity index (χ3v) is 11.1. The molecule has 0 fully saturated rings. The minimum atomic E-state index is -3.57. The summed E-state index contributed by atoms with van der Waals surface area (Å²) in [5, 5.41) is 6.38. The number of benzene rings is 2. The Morgan fingerprint density at radius 2 is 1.84 bits per heavy atom. The van der Waals surface area contributed by atoms with E-state index in [1.54, 1.807) is 34.8 Å². The fourth-order valence-corrected chi connectivity index (χ4v) is 8.53. The highest BCUT2D eigenvalue weighted by atomic mass is 32.2. The molecule has 2 aromatic carbocycles. The Morgan fingerprint density at radius 3 is 2.51 bits per heavy atom. The zero-order valence-corrected chi connectivity index (χ0v) is 23.5. The fraction of sp³-hybridized carbons (Fsp3) is 0.333. The van der Waals surface area contributed by atoms with Gasteiger partial charge in [0.25, 0.3) is 5.91 Å². The van der Waals surface area contributed by atoms with Gasteiger partial charge >= 0.3 is 0 Å². The van der Waals surface area contributed by atoms with Gasteiger partial charge in [0.2, 0.25) is 10.0 Å². The average molecular weight is 555 g/mol. The third kappa shape index (κ3) is 4.84. The Balaban J connectivity index is 1.40. The molecule has 37 heavy (non-hydrogen) atoms. The van der Waals surface area contributed by atoms with Gasteiger partial charge in [-0.3, -0.25) is 9.69 Å². The Hall–Kier alpha value is -2.63. The highest BCUT2D eigenvalue weighted by Gasteiger charge is 2.32. The quantitative estimate of drug-likeness (QED) is 0.317. The number of amides is 1. The Bertz CT molecular complexity index is 1490. The summed E-state index contributed by atoms with van der Waals surface area (Å²) < 4.78 is 28.2. The average Bonchev–Trinajstić information content (AvgIpc) is 3.54. The highest BCUT2D eigenvalue weighted by molar-refractivity contribution is 7.89. The van der Waals surface area contributed by atoms with Crippen molar-refractivity contribution in [1.82, 2.24) is 19.5 Å². The first kappa shape index (κ1) is 26.0. The van der Waals surface area contributed by atoms with Crippen LogP contribution in [0.3, 0.4) is 0 Å². The topological polar surface area (TPSA) is 82.6 Å². The van der Waals surface area contributed by atoms with Gasteiger partial charge in [-0.25, -0.2) is 13.4 Å². The molecule has 3 heterocycles. The molecule has 1 aliphatic rings. The van der Waals surface area contributed by atoms with Crippen molar-refractivity contribution in [2.45, 2.75) is 38.3 Å². The highest BCUT2D eigenvalue weighted by Crippen LogP contribution is 2.42. The van der Waals surface area contributed by atoms with Crippen LogP contribution in [0.1, 0.15) is 47.7 Å². The normalized spacial score (nSPS) is 16.3. The van der Waals surface area contributed by atoms with Crippen LogP contribution >= 0.6 is 22.7 Å². The van der Waals surface area contributed by atoms with Gasteiger partial charge in [-0.1, -0.05) is 32.9 Å². The number of carbonyl (C=O) groups is 1. The second-order valence-electron chi connectivity index (χ2n) is 8.85. The van der Waals surface area contributed by atoms with E-state index in [0.29, 0.717) is 18.7 Å². The number of aromatic nitrogens is 1. The summed E-state index contributed by atoms with van der Waals surface area (Å²) in [5.74, 6) is -0.224. The number of para-hydroxylation sites is 1. The molecule has 7 nitrogen and oxygen atoms in total. The van der Waals surface area contributed by atoms with Crippen molar-refractivity contribution in [3.63, 3.8) is 0 Å². The number of thiazole rings is 1. The van der Waals surface area contributed by atoms with Gasteiger partial charge in [0.05, 0.1) is 15.1 Å². The van der Waals surface area contributed by atoms with E-state index in [1.807, 2.05) is 32.0 Å². The van der Waals surface area contributed by atoms with Gasteiger partial charge in [0.1, 0.15) is 11.2 Å². The van der Waals surface area contributed by atoms with Crippen LogP contribution in [0.25, 0.3) is 20.8 Å². The lowest BCUT2D eigenvalue weighted by Crippen LogP contribution is -2.44. The summed E-state index contributed by atoms with van der Waals surface area (Å²) in [6.45, 7) is 8.17. The Labute approximate surface area is 225 Å². The molecular formula is C27H30N4O3S3. The monoisotopic (exact) mass is 554 g/mol. The van der Waals surface area contributed by atoms with Crippen molar-refractivity contribution in [2.75, 3.05) is 26.2 Å². The van der Waals surface area contributed by atoms with Crippen LogP contribution in [-0.2, 0) is 16.4 Å². The molecule has 1 unspecified atom stereocenters. The van der Waals surface area contributed by atoms with E-state index in [4.69, 9.17) is 4.98 Å². The molecule has 0 aliphatic carbocycles. The zero-order chi connectivity index (χ0) is 26.2. The van der Waals surface area contributed by atoms with Gasteiger partial charge in [-0.05, 0) is 54.9 Å². The summed E-state index contributed by atoms with van der Waals surface area (Å²) in [4.78, 5) is 21.7. The zero-order valence-electron chi connectivity index (χ0n) is 21.1. The predicted molar refractivity (Wildman–Crippen MR) is 151 cm³/mol. The molecule has 5 rings (SSSR count). The molecule has 0 saturated heterocycles. The second kappa shape index (κ2) is 10.6. The van der Waals surface area contributed by atoms with Crippen molar-refractivity contribution < 1.29 is 13.2 Å². The molecule has 0 radical (unpaired) electrons. The molecule has 1 aliphatic heterocycles. The van der Waals surface area contributed by atoms with E-state index in [-0.39, 0.29) is 17.0 Å². The van der Waals surface area contributed by atoms with E-state index in [2.05, 4.69) is 28.6 Å². The summed E-state index contributed by atoms with van der Waals surface area (Å²) >= 11 is 3.36. The van der Waals surface area contributed by atoms with Gasteiger partial charge in [0.15, 0.2) is 0 Å². The molecule has 10 heteroatoms. The number of sulfonamides is 1. The Morgan fingerprint density at radius 1 is 1.11 bits per heavy atom. The smallest absolute Gasteiger partial charge is 0.252 e. The standard InChI is InChI=1S/C27H30N4O3S3/c1-4-30-16-15-20-21(27-28-22-9-7-8-10-23(22)36-27)17-35-24(20)25(30)29-26(32)18-11-13-19(14-12-18)37(33,34)31(5-2)6-3/h7-14,17,25H,4-6,15-16H2,1-3H3,(H,29,32). The summed E-state index contributed by atoms with van der Waals surface area (Å²) in [7, 11) is -3.57. The lowest BCUT2D eigenvalue weighted by atomic mass is 10.0. The molecule has 1 amide bonds. The van der Waals surface area contributed by atoms with Gasteiger partial charge < -0.3 is 5.32 Å². The molecule has 1 atom stereocenters. The first-order valence-corrected chi connectivity index (χ1v) is 15.6. The first-order chi connectivity index (χ1) is 17.9. The number of nitrogens with zero attached hydrogens (tertiary/aromatic N) is 3. The fourth-order valence-electron chi connectivity index (χ4n) is 4.80. The minimum absolute atomic E-state index is 0.196. The van der Waals surface area contributed by atoms with E-state index in [0.717, 1.165) is 40.5 Å². The SMILES string of the molecule is CCN1CCc2c(-c3nc4ccccc4s3)csc2C1NC(=O)c1ccc(S(=O)(=O)N(CC)CC)cc1. The maximum Gasteiger partial charge on any atom is 0.252 e. The van der Waals surface area contributed by atoms with Crippen molar-refractivity contribution in [1.29, 1.82) is 0 Å². The van der Waals surface area contributed by atoms with Crippen molar-refractivity contribution in [2.24, 2.45) is 0 Å². The largest absolute Gasteiger partial charge is 0.332 e. The van der Waals surface area contributed by atoms with Crippen LogP contribution in [0.4, 0.5) is 0 Å². The number of fused-ring (bicyclic) bond motifs is 2. The van der Waals surface area contributed by atoms with Crippen molar-refractivity contribution >= 4 is 48.8 Å². The molecule has 0 bridgehead atoms. The Kier molecular flexibility index (Phi) is 7.46. The van der Waals surface area contributed by atoms with Crippen molar-refractivity contribution in [3.8, 4) is 10.6 Å². The number of carbonyl (C=O) groups excluding carboxylic acids is 1. The van der Waals surface area contributed by atoms with E-state index < -0.39 is 10.0 Å². The summed E-state index contributed by atoms with van der Waals surface area (Å²) in [5.41, 5.74) is 3.84. The maximum atomic E-state index is 13.3. The summed E-state index contributed by atoms with van der Waals surface area (Å²) in [6, 6.07) is 14.4. The number of hydrogen-bond acceptors (Lipinski definition) is 7. The van der Waals surface area contributed by atoms with Gasteiger partial charge in [-0.2, -0.15) is 4.31 Å². The minimum Gasteiger partial charge on any atom is -0.332 e.